The Morgan fingerprint density at radius 2 is 1.00 bits per heavy atom. The SMILES string of the molecule is CCCCCCCCOP(=O)(O)OCCCCCCCC.Cl. The van der Waals surface area contributed by atoms with Crippen LogP contribution in [-0.2, 0) is 13.6 Å². The number of hydrogen-bond acceptors (Lipinski definition) is 3. The predicted octanol–water partition coefficient (Wildman–Crippen LogP) is 6.26. The normalized spacial score (nSPS) is 11.4. The van der Waals surface area contributed by atoms with Crippen molar-refractivity contribution in [3.63, 3.8) is 0 Å². The maximum atomic E-state index is 11.6. The Kier molecular flexibility index (Phi) is 19.9. The topological polar surface area (TPSA) is 55.8 Å². The third kappa shape index (κ3) is 18.4. The lowest BCUT2D eigenvalue weighted by Gasteiger charge is -2.12. The lowest BCUT2D eigenvalue weighted by atomic mass is 10.1. The predicted molar refractivity (Wildman–Crippen MR) is 95.7 cm³/mol. The molecule has 0 aliphatic carbocycles. The Labute approximate surface area is 143 Å². The van der Waals surface area contributed by atoms with Gasteiger partial charge in [-0.1, -0.05) is 78.1 Å². The zero-order chi connectivity index (χ0) is 15.8. The van der Waals surface area contributed by atoms with Gasteiger partial charge in [0.1, 0.15) is 0 Å². The Balaban J connectivity index is 0. The van der Waals surface area contributed by atoms with Gasteiger partial charge in [0.05, 0.1) is 13.2 Å². The molecular formula is C16H36ClO4P. The smallest absolute Gasteiger partial charge is 0.302 e. The van der Waals surface area contributed by atoms with E-state index in [1.165, 1.54) is 51.4 Å². The Hall–Kier alpha value is 0.400. The van der Waals surface area contributed by atoms with Crippen LogP contribution in [0.4, 0.5) is 0 Å². The van der Waals surface area contributed by atoms with Crippen molar-refractivity contribution in [2.45, 2.75) is 90.9 Å². The van der Waals surface area contributed by atoms with Gasteiger partial charge in [-0.2, -0.15) is 0 Å². The van der Waals surface area contributed by atoms with Crippen LogP contribution in [0.25, 0.3) is 0 Å². The molecule has 0 heterocycles. The third-order valence-corrected chi connectivity index (χ3v) is 4.52. The van der Waals surface area contributed by atoms with Crippen LogP contribution in [0.1, 0.15) is 90.9 Å². The number of halogens is 1. The maximum Gasteiger partial charge on any atom is 0.472 e. The fraction of sp³-hybridized carbons (Fsp3) is 1.00. The molecule has 0 saturated carbocycles. The average Bonchev–Trinajstić information content (AvgIpc) is 2.45. The van der Waals surface area contributed by atoms with E-state index in [1.54, 1.807) is 0 Å². The quantitative estimate of drug-likeness (QED) is 0.261. The van der Waals surface area contributed by atoms with E-state index in [2.05, 4.69) is 13.8 Å². The standard InChI is InChI=1S/C16H35O4P.ClH/c1-3-5-7-9-11-13-15-19-21(17,18)20-16-14-12-10-8-6-4-2;/h3-16H2,1-2H3,(H,17,18);1H. The molecule has 4 nitrogen and oxygen atoms in total. The largest absolute Gasteiger partial charge is 0.472 e. The summed E-state index contributed by atoms with van der Waals surface area (Å²) >= 11 is 0. The zero-order valence-corrected chi connectivity index (χ0v) is 16.1. The van der Waals surface area contributed by atoms with Crippen molar-refractivity contribution in [3.05, 3.63) is 0 Å². The molecule has 0 bridgehead atoms. The summed E-state index contributed by atoms with van der Waals surface area (Å²) in [6.07, 6.45) is 13.6. The van der Waals surface area contributed by atoms with E-state index < -0.39 is 7.82 Å². The highest BCUT2D eigenvalue weighted by Crippen LogP contribution is 2.43. The van der Waals surface area contributed by atoms with Crippen LogP contribution in [0, 0.1) is 0 Å². The van der Waals surface area contributed by atoms with Crippen molar-refractivity contribution in [1.82, 2.24) is 0 Å². The fourth-order valence-electron chi connectivity index (χ4n) is 2.16. The third-order valence-electron chi connectivity index (χ3n) is 3.50. The first-order valence-corrected chi connectivity index (χ1v) is 10.2. The van der Waals surface area contributed by atoms with Crippen molar-refractivity contribution in [1.29, 1.82) is 0 Å². The summed E-state index contributed by atoms with van der Waals surface area (Å²) in [6, 6.07) is 0. The molecule has 0 unspecified atom stereocenters. The fourth-order valence-corrected chi connectivity index (χ4v) is 2.96. The molecule has 136 valence electrons. The first kappa shape index (κ1) is 24.6. The minimum Gasteiger partial charge on any atom is -0.302 e. The minimum atomic E-state index is -3.82. The number of unbranched alkanes of at least 4 members (excludes halogenated alkanes) is 10. The van der Waals surface area contributed by atoms with Gasteiger partial charge in [-0.05, 0) is 12.8 Å². The van der Waals surface area contributed by atoms with E-state index >= 15 is 0 Å². The van der Waals surface area contributed by atoms with Crippen molar-refractivity contribution < 1.29 is 18.5 Å². The van der Waals surface area contributed by atoms with Gasteiger partial charge in [-0.25, -0.2) is 4.57 Å². The molecule has 0 aromatic carbocycles. The van der Waals surface area contributed by atoms with E-state index in [4.69, 9.17) is 9.05 Å². The van der Waals surface area contributed by atoms with E-state index in [-0.39, 0.29) is 12.4 Å². The summed E-state index contributed by atoms with van der Waals surface area (Å²) in [7, 11) is -3.82. The van der Waals surface area contributed by atoms with Gasteiger partial charge in [0.25, 0.3) is 0 Å². The van der Waals surface area contributed by atoms with Gasteiger partial charge < -0.3 is 4.89 Å². The second kappa shape index (κ2) is 17.7. The van der Waals surface area contributed by atoms with Crippen molar-refractivity contribution >= 4 is 20.2 Å². The molecule has 0 fully saturated rings. The van der Waals surface area contributed by atoms with E-state index in [0.717, 1.165) is 25.7 Å². The monoisotopic (exact) mass is 358 g/mol. The Morgan fingerprint density at radius 3 is 1.36 bits per heavy atom. The summed E-state index contributed by atoms with van der Waals surface area (Å²) in [6.45, 7) is 5.01. The second-order valence-electron chi connectivity index (χ2n) is 5.67. The molecule has 0 aliphatic rings. The first-order chi connectivity index (χ1) is 10.1. The van der Waals surface area contributed by atoms with Gasteiger partial charge in [-0.3, -0.25) is 9.05 Å². The van der Waals surface area contributed by atoms with Crippen LogP contribution in [0.15, 0.2) is 0 Å². The lowest BCUT2D eigenvalue weighted by Crippen LogP contribution is -1.99. The molecule has 0 radical (unpaired) electrons. The molecule has 0 saturated heterocycles. The van der Waals surface area contributed by atoms with Gasteiger partial charge in [0.15, 0.2) is 0 Å². The summed E-state index contributed by atoms with van der Waals surface area (Å²) in [5.74, 6) is 0. The number of hydrogen-bond donors (Lipinski definition) is 1. The zero-order valence-electron chi connectivity index (χ0n) is 14.4. The van der Waals surface area contributed by atoms with Crippen LogP contribution in [0.2, 0.25) is 0 Å². The Morgan fingerprint density at radius 1 is 0.682 bits per heavy atom. The van der Waals surface area contributed by atoms with Crippen LogP contribution < -0.4 is 0 Å². The summed E-state index contributed by atoms with van der Waals surface area (Å²) in [5.41, 5.74) is 0. The summed E-state index contributed by atoms with van der Waals surface area (Å²) in [5, 5.41) is 0. The second-order valence-corrected chi connectivity index (χ2v) is 7.12. The lowest BCUT2D eigenvalue weighted by molar-refractivity contribution is 0.145. The summed E-state index contributed by atoms with van der Waals surface area (Å²) < 4.78 is 21.5. The van der Waals surface area contributed by atoms with Crippen molar-refractivity contribution in [2.24, 2.45) is 0 Å². The summed E-state index contributed by atoms with van der Waals surface area (Å²) in [4.78, 5) is 9.51. The van der Waals surface area contributed by atoms with Crippen molar-refractivity contribution in [3.8, 4) is 0 Å². The highest BCUT2D eigenvalue weighted by molar-refractivity contribution is 7.47. The van der Waals surface area contributed by atoms with Crippen molar-refractivity contribution in [2.75, 3.05) is 13.2 Å². The molecule has 1 N–H and O–H groups in total. The molecule has 6 heteroatoms. The molecule has 0 aliphatic heterocycles. The van der Waals surface area contributed by atoms with Crippen LogP contribution in [0.5, 0.6) is 0 Å². The molecule has 22 heavy (non-hydrogen) atoms. The molecule has 0 aromatic rings. The molecule has 0 rings (SSSR count). The van der Waals surface area contributed by atoms with E-state index in [9.17, 15) is 9.46 Å². The van der Waals surface area contributed by atoms with Gasteiger partial charge in [0, 0.05) is 0 Å². The van der Waals surface area contributed by atoms with Gasteiger partial charge >= 0.3 is 7.82 Å². The molecule has 0 atom stereocenters. The number of phosphoric acid groups is 1. The maximum absolute atomic E-state index is 11.6. The highest BCUT2D eigenvalue weighted by Gasteiger charge is 2.19. The molecule has 0 spiro atoms. The van der Waals surface area contributed by atoms with Crippen LogP contribution in [-0.4, -0.2) is 18.1 Å². The first-order valence-electron chi connectivity index (χ1n) is 8.74. The van der Waals surface area contributed by atoms with Gasteiger partial charge in [0.2, 0.25) is 0 Å². The van der Waals surface area contributed by atoms with E-state index in [0.29, 0.717) is 13.2 Å². The minimum absolute atomic E-state index is 0. The number of phosphoric ester groups is 1. The molecule has 0 aromatic heterocycles. The molecule has 0 amide bonds. The number of rotatable bonds is 16. The van der Waals surface area contributed by atoms with Crippen LogP contribution >= 0.6 is 20.2 Å². The van der Waals surface area contributed by atoms with E-state index in [1.807, 2.05) is 0 Å². The van der Waals surface area contributed by atoms with Gasteiger partial charge in [-0.15, -0.1) is 12.4 Å². The Bertz CT molecular complexity index is 243. The highest BCUT2D eigenvalue weighted by atomic mass is 35.5. The van der Waals surface area contributed by atoms with Crippen LogP contribution in [0.3, 0.4) is 0 Å². The molecular weight excluding hydrogens is 323 g/mol. The average molecular weight is 359 g/mol.